The van der Waals surface area contributed by atoms with Gasteiger partial charge in [-0.15, -0.1) is 0 Å². The largest absolute Gasteiger partial charge is 0.494 e. The molecule has 0 aliphatic carbocycles. The minimum Gasteiger partial charge on any atom is -0.494 e. The van der Waals surface area contributed by atoms with Gasteiger partial charge in [-0.25, -0.2) is 8.42 Å². The summed E-state index contributed by atoms with van der Waals surface area (Å²) in [6.07, 6.45) is 0. The van der Waals surface area contributed by atoms with E-state index in [1.807, 2.05) is 19.1 Å². The average molecular weight is 536 g/mol. The van der Waals surface area contributed by atoms with Gasteiger partial charge in [0.2, 0.25) is 5.91 Å². The van der Waals surface area contributed by atoms with Crippen molar-refractivity contribution in [1.29, 1.82) is 0 Å². The molecule has 156 valence electrons. The molecule has 0 bridgehead atoms. The summed E-state index contributed by atoms with van der Waals surface area (Å²) in [5.41, 5.74) is 0.976. The van der Waals surface area contributed by atoms with Crippen LogP contribution in [0.15, 0.2) is 83.8 Å². The van der Waals surface area contributed by atoms with E-state index >= 15 is 0 Å². The molecule has 0 saturated carbocycles. The average Bonchev–Trinajstić information content (AvgIpc) is 2.75. The van der Waals surface area contributed by atoms with Crippen LogP contribution in [0.2, 0.25) is 0 Å². The molecular formula is C22H21IN2O4S. The lowest BCUT2D eigenvalue weighted by Crippen LogP contribution is -2.38. The number of hydrogen-bond donors (Lipinski definition) is 1. The highest BCUT2D eigenvalue weighted by Gasteiger charge is 2.27. The lowest BCUT2D eigenvalue weighted by atomic mass is 10.3. The molecule has 3 aromatic rings. The number of carbonyl (C=O) groups excluding carboxylic acids is 1. The molecule has 0 radical (unpaired) electrons. The van der Waals surface area contributed by atoms with Crippen LogP contribution in [-0.4, -0.2) is 27.5 Å². The third-order valence-corrected chi connectivity index (χ3v) is 6.69. The van der Waals surface area contributed by atoms with E-state index in [2.05, 4.69) is 27.9 Å². The summed E-state index contributed by atoms with van der Waals surface area (Å²) in [6.45, 7) is 2.01. The summed E-state index contributed by atoms with van der Waals surface area (Å²) in [5, 5.41) is 2.75. The van der Waals surface area contributed by atoms with Crippen LogP contribution in [-0.2, 0) is 14.8 Å². The molecular weight excluding hydrogens is 515 g/mol. The minimum absolute atomic E-state index is 0.112. The number of nitrogens with one attached hydrogen (secondary N) is 1. The highest BCUT2D eigenvalue weighted by atomic mass is 127. The van der Waals surface area contributed by atoms with E-state index in [-0.39, 0.29) is 11.4 Å². The molecule has 3 rings (SSSR count). The SMILES string of the molecule is CCOc1ccc(N(CC(=O)Nc2ccc(I)cc2)S(=O)(=O)c2ccccc2)cc1. The van der Waals surface area contributed by atoms with Crippen molar-refractivity contribution in [2.24, 2.45) is 0 Å². The van der Waals surface area contributed by atoms with Gasteiger partial charge in [0.1, 0.15) is 12.3 Å². The Balaban J connectivity index is 1.90. The number of carbonyl (C=O) groups is 1. The molecule has 0 fully saturated rings. The minimum atomic E-state index is -3.94. The van der Waals surface area contributed by atoms with Gasteiger partial charge in [0, 0.05) is 9.26 Å². The molecule has 0 spiro atoms. The Hall–Kier alpha value is -2.59. The molecule has 1 N–H and O–H groups in total. The molecule has 3 aromatic carbocycles. The van der Waals surface area contributed by atoms with E-state index in [9.17, 15) is 13.2 Å². The fourth-order valence-corrected chi connectivity index (χ4v) is 4.58. The molecule has 0 atom stereocenters. The maximum absolute atomic E-state index is 13.3. The Morgan fingerprint density at radius 1 is 0.967 bits per heavy atom. The zero-order chi connectivity index (χ0) is 21.6. The van der Waals surface area contributed by atoms with E-state index in [4.69, 9.17) is 4.74 Å². The van der Waals surface area contributed by atoms with Crippen LogP contribution < -0.4 is 14.4 Å². The molecule has 6 nitrogen and oxygen atoms in total. The Bertz CT molecular complexity index is 1090. The maximum atomic E-state index is 13.3. The van der Waals surface area contributed by atoms with Crippen molar-refractivity contribution in [2.45, 2.75) is 11.8 Å². The van der Waals surface area contributed by atoms with Crippen molar-refractivity contribution in [3.05, 3.63) is 82.4 Å². The van der Waals surface area contributed by atoms with Crippen LogP contribution in [0.5, 0.6) is 5.75 Å². The van der Waals surface area contributed by atoms with Gasteiger partial charge >= 0.3 is 0 Å². The first kappa shape index (κ1) is 22.1. The molecule has 0 heterocycles. The Morgan fingerprint density at radius 2 is 1.60 bits per heavy atom. The summed E-state index contributed by atoms with van der Waals surface area (Å²) in [4.78, 5) is 12.8. The Kier molecular flexibility index (Phi) is 7.33. The molecule has 0 aromatic heterocycles. The summed E-state index contributed by atoms with van der Waals surface area (Å²) in [6, 6.07) is 21.9. The first-order valence-corrected chi connectivity index (χ1v) is 11.8. The number of amides is 1. The van der Waals surface area contributed by atoms with Crippen molar-refractivity contribution < 1.29 is 17.9 Å². The zero-order valence-electron chi connectivity index (χ0n) is 16.3. The van der Waals surface area contributed by atoms with Crippen LogP contribution in [0.4, 0.5) is 11.4 Å². The van der Waals surface area contributed by atoms with Gasteiger partial charge in [-0.1, -0.05) is 18.2 Å². The van der Waals surface area contributed by atoms with Crippen LogP contribution in [0.1, 0.15) is 6.92 Å². The van der Waals surface area contributed by atoms with Gasteiger partial charge in [-0.3, -0.25) is 9.10 Å². The van der Waals surface area contributed by atoms with Crippen LogP contribution in [0.25, 0.3) is 0 Å². The van der Waals surface area contributed by atoms with Crippen LogP contribution in [0.3, 0.4) is 0 Å². The van der Waals surface area contributed by atoms with Crippen LogP contribution in [0, 0.1) is 3.57 Å². The topological polar surface area (TPSA) is 75.7 Å². The lowest BCUT2D eigenvalue weighted by Gasteiger charge is -2.24. The highest BCUT2D eigenvalue weighted by molar-refractivity contribution is 14.1. The lowest BCUT2D eigenvalue weighted by molar-refractivity contribution is -0.114. The van der Waals surface area contributed by atoms with Crippen molar-refractivity contribution >= 4 is 49.9 Å². The number of ether oxygens (including phenoxy) is 1. The number of sulfonamides is 1. The van der Waals surface area contributed by atoms with Gasteiger partial charge in [0.05, 0.1) is 17.2 Å². The fraction of sp³-hybridized carbons (Fsp3) is 0.136. The summed E-state index contributed by atoms with van der Waals surface area (Å²) in [7, 11) is -3.94. The van der Waals surface area contributed by atoms with Gasteiger partial charge in [-0.2, -0.15) is 0 Å². The number of nitrogens with zero attached hydrogens (tertiary/aromatic N) is 1. The van der Waals surface area contributed by atoms with E-state index in [0.29, 0.717) is 23.7 Å². The molecule has 0 aliphatic rings. The second-order valence-corrected chi connectivity index (χ2v) is 9.41. The van der Waals surface area contributed by atoms with Crippen molar-refractivity contribution in [1.82, 2.24) is 0 Å². The third kappa shape index (κ3) is 5.51. The molecule has 0 unspecified atom stereocenters. The van der Waals surface area contributed by atoms with Gasteiger partial charge in [0.15, 0.2) is 0 Å². The van der Waals surface area contributed by atoms with E-state index in [0.717, 1.165) is 7.88 Å². The predicted molar refractivity (Wildman–Crippen MR) is 126 cm³/mol. The maximum Gasteiger partial charge on any atom is 0.264 e. The number of halogens is 1. The number of hydrogen-bond acceptors (Lipinski definition) is 4. The first-order valence-electron chi connectivity index (χ1n) is 9.26. The highest BCUT2D eigenvalue weighted by Crippen LogP contribution is 2.26. The van der Waals surface area contributed by atoms with Gasteiger partial charge in [0.25, 0.3) is 10.0 Å². The summed E-state index contributed by atoms with van der Waals surface area (Å²) < 4.78 is 34.1. The third-order valence-electron chi connectivity index (χ3n) is 4.18. The van der Waals surface area contributed by atoms with Crippen molar-refractivity contribution in [2.75, 3.05) is 22.8 Å². The molecule has 1 amide bonds. The summed E-state index contributed by atoms with van der Waals surface area (Å²) in [5.74, 6) is 0.186. The summed E-state index contributed by atoms with van der Waals surface area (Å²) >= 11 is 2.17. The zero-order valence-corrected chi connectivity index (χ0v) is 19.3. The van der Waals surface area contributed by atoms with E-state index in [1.54, 1.807) is 54.6 Å². The normalized spacial score (nSPS) is 11.0. The second-order valence-electron chi connectivity index (χ2n) is 6.31. The monoisotopic (exact) mass is 536 g/mol. The quantitative estimate of drug-likeness (QED) is 0.430. The number of benzene rings is 3. The molecule has 0 aliphatic heterocycles. The van der Waals surface area contributed by atoms with E-state index in [1.165, 1.54) is 12.1 Å². The standard InChI is InChI=1S/C22H21IN2O4S/c1-2-29-20-14-12-19(13-15-20)25(30(27,28)21-6-4-3-5-7-21)16-22(26)24-18-10-8-17(23)9-11-18/h3-15H,2,16H2,1H3,(H,24,26). The second kappa shape index (κ2) is 9.94. The molecule has 8 heteroatoms. The molecule has 0 saturated heterocycles. The number of anilines is 2. The predicted octanol–water partition coefficient (Wildman–Crippen LogP) is 4.52. The molecule has 30 heavy (non-hydrogen) atoms. The fourth-order valence-electron chi connectivity index (χ4n) is 2.77. The smallest absolute Gasteiger partial charge is 0.264 e. The Morgan fingerprint density at radius 3 is 2.20 bits per heavy atom. The van der Waals surface area contributed by atoms with E-state index < -0.39 is 15.9 Å². The van der Waals surface area contributed by atoms with Crippen molar-refractivity contribution in [3.63, 3.8) is 0 Å². The van der Waals surface area contributed by atoms with Gasteiger partial charge in [-0.05, 0) is 90.2 Å². The van der Waals surface area contributed by atoms with Gasteiger partial charge < -0.3 is 10.1 Å². The Labute approximate surface area is 190 Å². The number of rotatable bonds is 8. The van der Waals surface area contributed by atoms with Crippen molar-refractivity contribution in [3.8, 4) is 5.75 Å². The van der Waals surface area contributed by atoms with Crippen LogP contribution >= 0.6 is 22.6 Å². The first-order chi connectivity index (χ1) is 14.4.